The zero-order valence-corrected chi connectivity index (χ0v) is 13.3. The fourth-order valence-corrected chi connectivity index (χ4v) is 2.38. The first-order valence-corrected chi connectivity index (χ1v) is 7.71. The Bertz CT molecular complexity index is 914. The van der Waals surface area contributed by atoms with E-state index in [4.69, 9.17) is 0 Å². The van der Waals surface area contributed by atoms with Crippen LogP contribution in [0.25, 0.3) is 5.65 Å². The molecule has 0 aliphatic heterocycles. The van der Waals surface area contributed by atoms with Crippen molar-refractivity contribution in [1.29, 1.82) is 0 Å². The van der Waals surface area contributed by atoms with Gasteiger partial charge in [0.15, 0.2) is 5.65 Å². The van der Waals surface area contributed by atoms with Crippen LogP contribution in [0.15, 0.2) is 41.6 Å². The van der Waals surface area contributed by atoms with Gasteiger partial charge in [0, 0.05) is 37.3 Å². The van der Waals surface area contributed by atoms with Crippen LogP contribution in [0.3, 0.4) is 0 Å². The van der Waals surface area contributed by atoms with Gasteiger partial charge in [0.1, 0.15) is 6.54 Å². The molecule has 0 spiro atoms. The van der Waals surface area contributed by atoms with E-state index in [1.807, 2.05) is 25.4 Å². The molecule has 0 radical (unpaired) electrons. The quantitative estimate of drug-likeness (QED) is 0.659. The molecule has 1 amide bonds. The molecule has 0 saturated carbocycles. The maximum Gasteiger partial charge on any atom is 0.267 e. The summed E-state index contributed by atoms with van der Waals surface area (Å²) < 4.78 is 2.89. The van der Waals surface area contributed by atoms with Gasteiger partial charge in [-0.05, 0) is 31.4 Å². The number of carbonyl (C=O) groups excluding carboxylic acids is 1. The summed E-state index contributed by atoms with van der Waals surface area (Å²) in [6.45, 7) is 2.38. The van der Waals surface area contributed by atoms with Gasteiger partial charge in [-0.3, -0.25) is 9.59 Å². The number of hydrogen-bond acceptors (Lipinski definition) is 5. The molecule has 24 heavy (non-hydrogen) atoms. The second-order valence-electron chi connectivity index (χ2n) is 5.52. The van der Waals surface area contributed by atoms with E-state index in [-0.39, 0.29) is 18.0 Å². The fourth-order valence-electron chi connectivity index (χ4n) is 2.38. The van der Waals surface area contributed by atoms with E-state index in [9.17, 15) is 9.59 Å². The molecular formula is C16H18N6O2. The second kappa shape index (κ2) is 7.03. The van der Waals surface area contributed by atoms with Gasteiger partial charge in [0.05, 0.1) is 5.69 Å². The van der Waals surface area contributed by atoms with Crippen LogP contribution in [0.1, 0.15) is 17.7 Å². The third-order valence-corrected chi connectivity index (χ3v) is 3.53. The van der Waals surface area contributed by atoms with Crippen LogP contribution in [-0.4, -0.2) is 36.8 Å². The normalized spacial score (nSPS) is 10.9. The van der Waals surface area contributed by atoms with Crippen molar-refractivity contribution >= 4 is 11.6 Å². The topological polar surface area (TPSA) is 94.2 Å². The summed E-state index contributed by atoms with van der Waals surface area (Å²) in [6.07, 6.45) is 6.81. The van der Waals surface area contributed by atoms with Gasteiger partial charge < -0.3 is 5.32 Å². The lowest BCUT2D eigenvalue weighted by Crippen LogP contribution is -2.33. The van der Waals surface area contributed by atoms with Crippen LogP contribution < -0.4 is 10.9 Å². The molecule has 0 fully saturated rings. The van der Waals surface area contributed by atoms with Crippen molar-refractivity contribution in [3.8, 4) is 0 Å². The first-order valence-electron chi connectivity index (χ1n) is 7.71. The van der Waals surface area contributed by atoms with Gasteiger partial charge in [-0.2, -0.15) is 10.2 Å². The Morgan fingerprint density at radius 3 is 3.08 bits per heavy atom. The molecule has 3 heterocycles. The molecule has 0 aromatic carbocycles. The van der Waals surface area contributed by atoms with Crippen molar-refractivity contribution < 1.29 is 4.79 Å². The first-order chi connectivity index (χ1) is 11.6. The van der Waals surface area contributed by atoms with Crippen LogP contribution in [0.5, 0.6) is 0 Å². The number of aromatic nitrogens is 5. The van der Waals surface area contributed by atoms with Gasteiger partial charge in [-0.25, -0.2) is 14.2 Å². The minimum Gasteiger partial charge on any atom is -0.354 e. The largest absolute Gasteiger partial charge is 0.354 e. The predicted octanol–water partition coefficient (Wildman–Crippen LogP) is 0.343. The third-order valence-electron chi connectivity index (χ3n) is 3.53. The Morgan fingerprint density at radius 2 is 2.25 bits per heavy atom. The predicted molar refractivity (Wildman–Crippen MR) is 87.6 cm³/mol. The van der Waals surface area contributed by atoms with Crippen LogP contribution >= 0.6 is 0 Å². The third kappa shape index (κ3) is 3.83. The summed E-state index contributed by atoms with van der Waals surface area (Å²) >= 11 is 0. The van der Waals surface area contributed by atoms with Crippen molar-refractivity contribution in [3.05, 3.63) is 58.4 Å². The van der Waals surface area contributed by atoms with E-state index < -0.39 is 0 Å². The smallest absolute Gasteiger partial charge is 0.267 e. The minimum absolute atomic E-state index is 0.0697. The summed E-state index contributed by atoms with van der Waals surface area (Å²) in [7, 11) is 0. The average Bonchev–Trinajstić information content (AvgIpc) is 2.93. The second-order valence-corrected chi connectivity index (χ2v) is 5.52. The Kier molecular flexibility index (Phi) is 4.64. The molecule has 3 aromatic heterocycles. The Morgan fingerprint density at radius 1 is 1.38 bits per heavy atom. The molecule has 124 valence electrons. The van der Waals surface area contributed by atoms with E-state index >= 15 is 0 Å². The standard InChI is InChI=1S/C16H18N6O2/c1-12-8-14-18-9-13(10-21(14)20-12)4-2-6-17-15(23)11-22-16(24)5-3-7-19-22/h3,5,7-10H,2,4,6,11H2,1H3,(H,17,23). The molecule has 8 heteroatoms. The highest BCUT2D eigenvalue weighted by molar-refractivity contribution is 5.75. The Labute approximate surface area is 138 Å². The lowest BCUT2D eigenvalue weighted by Gasteiger charge is -2.06. The van der Waals surface area contributed by atoms with Gasteiger partial charge in [0.2, 0.25) is 5.91 Å². The first kappa shape index (κ1) is 15.9. The summed E-state index contributed by atoms with van der Waals surface area (Å²) in [5.74, 6) is -0.230. The number of nitrogens with zero attached hydrogens (tertiary/aromatic N) is 5. The lowest BCUT2D eigenvalue weighted by molar-refractivity contribution is -0.121. The zero-order valence-electron chi connectivity index (χ0n) is 13.3. The Hall–Kier alpha value is -3.03. The number of hydrogen-bond donors (Lipinski definition) is 1. The highest BCUT2D eigenvalue weighted by atomic mass is 16.2. The van der Waals surface area contributed by atoms with Crippen molar-refractivity contribution in [1.82, 2.24) is 29.7 Å². The van der Waals surface area contributed by atoms with Gasteiger partial charge in [-0.1, -0.05) is 0 Å². The summed E-state index contributed by atoms with van der Waals surface area (Å²) in [5, 5.41) is 11.0. The van der Waals surface area contributed by atoms with Crippen LogP contribution in [0.4, 0.5) is 0 Å². The van der Waals surface area contributed by atoms with Gasteiger partial charge in [-0.15, -0.1) is 0 Å². The summed E-state index contributed by atoms with van der Waals surface area (Å²) in [4.78, 5) is 27.6. The van der Waals surface area contributed by atoms with Crippen LogP contribution in [0.2, 0.25) is 0 Å². The number of carbonyl (C=O) groups is 1. The number of fused-ring (bicyclic) bond motifs is 1. The lowest BCUT2D eigenvalue weighted by atomic mass is 10.2. The number of nitrogens with one attached hydrogen (secondary N) is 1. The maximum atomic E-state index is 11.8. The van der Waals surface area contributed by atoms with Gasteiger partial charge >= 0.3 is 0 Å². The molecular weight excluding hydrogens is 308 g/mol. The van der Waals surface area contributed by atoms with Crippen molar-refractivity contribution in [2.45, 2.75) is 26.3 Å². The molecule has 8 nitrogen and oxygen atoms in total. The highest BCUT2D eigenvalue weighted by Gasteiger charge is 2.05. The SMILES string of the molecule is Cc1cc2ncc(CCCNC(=O)Cn3ncccc3=O)cn2n1. The van der Waals surface area contributed by atoms with Crippen LogP contribution in [0, 0.1) is 6.92 Å². The minimum atomic E-state index is -0.290. The molecule has 3 rings (SSSR count). The molecule has 3 aromatic rings. The van der Waals surface area contributed by atoms with Crippen molar-refractivity contribution in [3.63, 3.8) is 0 Å². The van der Waals surface area contributed by atoms with Crippen molar-refractivity contribution in [2.24, 2.45) is 0 Å². The fraction of sp³-hybridized carbons (Fsp3) is 0.312. The average molecular weight is 326 g/mol. The molecule has 0 atom stereocenters. The van der Waals surface area contributed by atoms with E-state index in [0.717, 1.165) is 34.4 Å². The molecule has 1 N–H and O–H groups in total. The van der Waals surface area contributed by atoms with E-state index in [0.29, 0.717) is 6.54 Å². The molecule has 0 aliphatic rings. The Balaban J connectivity index is 1.46. The van der Waals surface area contributed by atoms with E-state index in [1.54, 1.807) is 10.6 Å². The van der Waals surface area contributed by atoms with Gasteiger partial charge in [0.25, 0.3) is 5.56 Å². The van der Waals surface area contributed by atoms with E-state index in [2.05, 4.69) is 20.5 Å². The summed E-state index contributed by atoms with van der Waals surface area (Å²) in [5.41, 5.74) is 2.52. The molecule has 0 bridgehead atoms. The molecule has 0 saturated heterocycles. The monoisotopic (exact) mass is 326 g/mol. The van der Waals surface area contributed by atoms with E-state index in [1.165, 1.54) is 12.3 Å². The summed E-state index contributed by atoms with van der Waals surface area (Å²) in [6, 6.07) is 4.84. The van der Waals surface area contributed by atoms with Crippen LogP contribution in [-0.2, 0) is 17.8 Å². The number of amides is 1. The maximum absolute atomic E-state index is 11.8. The molecule has 0 unspecified atom stereocenters. The highest BCUT2D eigenvalue weighted by Crippen LogP contribution is 2.06. The van der Waals surface area contributed by atoms with Crippen molar-refractivity contribution in [2.75, 3.05) is 6.54 Å². The number of aryl methyl sites for hydroxylation is 2. The molecule has 0 aliphatic carbocycles. The zero-order chi connectivity index (χ0) is 16.9. The number of rotatable bonds is 6.